The molecule has 0 aliphatic carbocycles. The predicted octanol–water partition coefficient (Wildman–Crippen LogP) is 4.06. The lowest BCUT2D eigenvalue weighted by molar-refractivity contribution is 0.0945. The van der Waals surface area contributed by atoms with E-state index in [4.69, 9.17) is 11.6 Å². The number of amides is 2. The van der Waals surface area contributed by atoms with Crippen molar-refractivity contribution < 1.29 is 14.0 Å². The van der Waals surface area contributed by atoms with E-state index in [1.807, 2.05) is 0 Å². The number of rotatable bonds is 5. The summed E-state index contributed by atoms with van der Waals surface area (Å²) in [5, 5.41) is 5.82. The van der Waals surface area contributed by atoms with Crippen LogP contribution in [0.2, 0.25) is 5.02 Å². The third kappa shape index (κ3) is 4.89. The molecule has 1 aromatic heterocycles. The largest absolute Gasteiger partial charge is 0.347 e. The second-order valence-electron chi connectivity index (χ2n) is 5.64. The zero-order chi connectivity index (χ0) is 19.2. The van der Waals surface area contributed by atoms with Gasteiger partial charge in [-0.3, -0.25) is 9.59 Å². The van der Waals surface area contributed by atoms with Crippen molar-refractivity contribution in [2.75, 3.05) is 5.32 Å². The van der Waals surface area contributed by atoms with Crippen molar-refractivity contribution in [3.05, 3.63) is 94.5 Å². The van der Waals surface area contributed by atoms with Crippen LogP contribution in [-0.4, -0.2) is 16.8 Å². The molecule has 3 aromatic rings. The lowest BCUT2D eigenvalue weighted by atomic mass is 10.2. The van der Waals surface area contributed by atoms with E-state index in [-0.39, 0.29) is 17.9 Å². The maximum atomic E-state index is 13.6. The van der Waals surface area contributed by atoms with E-state index in [9.17, 15) is 14.0 Å². The molecule has 1 heterocycles. The van der Waals surface area contributed by atoms with Crippen LogP contribution in [0.3, 0.4) is 0 Å². The number of benzene rings is 2. The molecule has 0 saturated carbocycles. The quantitative estimate of drug-likeness (QED) is 0.698. The minimum Gasteiger partial charge on any atom is -0.347 e. The predicted molar refractivity (Wildman–Crippen MR) is 101 cm³/mol. The Kier molecular flexibility index (Phi) is 5.78. The normalized spacial score (nSPS) is 10.3. The van der Waals surface area contributed by atoms with Crippen LogP contribution >= 0.6 is 11.6 Å². The maximum absolute atomic E-state index is 13.6. The molecule has 2 N–H and O–H groups in total. The van der Waals surface area contributed by atoms with E-state index in [0.717, 1.165) is 0 Å². The Bertz CT molecular complexity index is 977. The molecular weight excluding hydrogens is 369 g/mol. The molecule has 0 atom stereocenters. The van der Waals surface area contributed by atoms with Crippen molar-refractivity contribution in [2.45, 2.75) is 6.54 Å². The van der Waals surface area contributed by atoms with Crippen LogP contribution in [0.15, 0.2) is 66.7 Å². The van der Waals surface area contributed by atoms with Crippen LogP contribution in [0.5, 0.6) is 0 Å². The van der Waals surface area contributed by atoms with Crippen LogP contribution in [0.25, 0.3) is 0 Å². The van der Waals surface area contributed by atoms with E-state index < -0.39 is 17.6 Å². The highest BCUT2D eigenvalue weighted by atomic mass is 35.5. The molecule has 0 aliphatic rings. The number of anilines is 1. The molecular formula is C20H15ClFN3O2. The third-order valence-corrected chi connectivity index (χ3v) is 3.97. The van der Waals surface area contributed by atoms with Crippen molar-refractivity contribution in [1.82, 2.24) is 10.3 Å². The third-order valence-electron chi connectivity index (χ3n) is 3.71. The average Bonchev–Trinajstić information content (AvgIpc) is 2.69. The van der Waals surface area contributed by atoms with Gasteiger partial charge in [0.15, 0.2) is 0 Å². The van der Waals surface area contributed by atoms with Crippen LogP contribution in [-0.2, 0) is 6.54 Å². The Hall–Kier alpha value is -3.25. The van der Waals surface area contributed by atoms with E-state index >= 15 is 0 Å². The van der Waals surface area contributed by atoms with Gasteiger partial charge in [0.25, 0.3) is 11.8 Å². The smallest absolute Gasteiger partial charge is 0.274 e. The number of nitrogens with one attached hydrogen (secondary N) is 2. The number of nitrogens with zero attached hydrogens (tertiary/aromatic N) is 1. The number of carbonyl (C=O) groups is 2. The van der Waals surface area contributed by atoms with Gasteiger partial charge in [-0.05, 0) is 42.5 Å². The summed E-state index contributed by atoms with van der Waals surface area (Å²) >= 11 is 5.81. The van der Waals surface area contributed by atoms with Gasteiger partial charge in [0, 0.05) is 22.8 Å². The van der Waals surface area contributed by atoms with Crippen molar-refractivity contribution in [3.63, 3.8) is 0 Å². The topological polar surface area (TPSA) is 71.1 Å². The molecule has 0 spiro atoms. The maximum Gasteiger partial charge on any atom is 0.274 e. The Morgan fingerprint density at radius 3 is 2.26 bits per heavy atom. The van der Waals surface area contributed by atoms with Gasteiger partial charge in [-0.2, -0.15) is 0 Å². The molecule has 0 unspecified atom stereocenters. The first kappa shape index (κ1) is 18.5. The van der Waals surface area contributed by atoms with Gasteiger partial charge in [-0.25, -0.2) is 9.37 Å². The van der Waals surface area contributed by atoms with Gasteiger partial charge in [0.2, 0.25) is 0 Å². The second kappa shape index (κ2) is 8.42. The summed E-state index contributed by atoms with van der Waals surface area (Å²) in [6.45, 7) is 0.0222. The molecule has 0 fully saturated rings. The van der Waals surface area contributed by atoms with Crippen molar-refractivity contribution in [2.24, 2.45) is 0 Å². The van der Waals surface area contributed by atoms with Crippen LogP contribution in [0.4, 0.5) is 10.1 Å². The number of hydrogen-bond acceptors (Lipinski definition) is 3. The van der Waals surface area contributed by atoms with Gasteiger partial charge in [-0.1, -0.05) is 35.9 Å². The molecule has 136 valence electrons. The molecule has 0 radical (unpaired) electrons. The summed E-state index contributed by atoms with van der Waals surface area (Å²) in [4.78, 5) is 28.6. The Morgan fingerprint density at radius 2 is 1.56 bits per heavy atom. The van der Waals surface area contributed by atoms with Gasteiger partial charge in [-0.15, -0.1) is 0 Å². The zero-order valence-corrected chi connectivity index (χ0v) is 14.8. The molecule has 0 saturated heterocycles. The molecule has 2 amide bonds. The molecule has 2 aromatic carbocycles. The summed E-state index contributed by atoms with van der Waals surface area (Å²) < 4.78 is 13.6. The number of hydrogen-bond donors (Lipinski definition) is 2. The molecule has 5 nitrogen and oxygen atoms in total. The Morgan fingerprint density at radius 1 is 0.889 bits per heavy atom. The second-order valence-corrected chi connectivity index (χ2v) is 6.08. The highest BCUT2D eigenvalue weighted by Crippen LogP contribution is 2.14. The highest BCUT2D eigenvalue weighted by Gasteiger charge is 2.13. The summed E-state index contributed by atoms with van der Waals surface area (Å²) in [6.07, 6.45) is 0. The van der Waals surface area contributed by atoms with Crippen LogP contribution in [0, 0.1) is 5.82 Å². The van der Waals surface area contributed by atoms with Gasteiger partial charge >= 0.3 is 0 Å². The number of aromatic nitrogens is 1. The fourth-order valence-corrected chi connectivity index (χ4v) is 2.45. The standard InChI is InChI=1S/C20H15ClFN3O2/c21-14-8-10-15(11-9-14)24-20(27)18-7-3-6-17(25-18)19(26)23-12-13-4-1-2-5-16(13)22/h1-11H,12H2,(H,23,26)(H,24,27). The first-order chi connectivity index (χ1) is 13.0. The van der Waals surface area contributed by atoms with E-state index in [2.05, 4.69) is 15.6 Å². The number of halogens is 2. The summed E-state index contributed by atoms with van der Waals surface area (Å²) in [5.74, 6) is -1.36. The van der Waals surface area contributed by atoms with Crippen molar-refractivity contribution in [3.8, 4) is 0 Å². The van der Waals surface area contributed by atoms with Gasteiger partial charge in [0.1, 0.15) is 17.2 Å². The van der Waals surface area contributed by atoms with Crippen molar-refractivity contribution in [1.29, 1.82) is 0 Å². The first-order valence-electron chi connectivity index (χ1n) is 8.08. The molecule has 0 bridgehead atoms. The minimum absolute atomic E-state index is 0.0222. The zero-order valence-electron chi connectivity index (χ0n) is 14.1. The van der Waals surface area contributed by atoms with Gasteiger partial charge < -0.3 is 10.6 Å². The number of pyridine rings is 1. The molecule has 3 rings (SSSR count). The van der Waals surface area contributed by atoms with E-state index in [0.29, 0.717) is 16.3 Å². The SMILES string of the molecule is O=C(NCc1ccccc1F)c1cccc(C(=O)Nc2ccc(Cl)cc2)n1. The van der Waals surface area contributed by atoms with Crippen LogP contribution < -0.4 is 10.6 Å². The summed E-state index contributed by atoms with van der Waals surface area (Å²) in [5.41, 5.74) is 1.07. The fraction of sp³-hybridized carbons (Fsp3) is 0.0500. The first-order valence-corrected chi connectivity index (χ1v) is 8.46. The van der Waals surface area contributed by atoms with Gasteiger partial charge in [0.05, 0.1) is 0 Å². The summed E-state index contributed by atoms with van der Waals surface area (Å²) in [7, 11) is 0. The van der Waals surface area contributed by atoms with Crippen molar-refractivity contribution >= 4 is 29.1 Å². The monoisotopic (exact) mass is 383 g/mol. The Balaban J connectivity index is 1.67. The molecule has 0 aliphatic heterocycles. The lowest BCUT2D eigenvalue weighted by Gasteiger charge is -2.08. The highest BCUT2D eigenvalue weighted by molar-refractivity contribution is 6.30. The Labute approximate surface area is 160 Å². The van der Waals surface area contributed by atoms with E-state index in [1.165, 1.54) is 18.2 Å². The lowest BCUT2D eigenvalue weighted by Crippen LogP contribution is -2.25. The molecule has 27 heavy (non-hydrogen) atoms. The minimum atomic E-state index is -0.501. The average molecular weight is 384 g/mol. The van der Waals surface area contributed by atoms with E-state index in [1.54, 1.807) is 48.5 Å². The van der Waals surface area contributed by atoms with Crippen LogP contribution in [0.1, 0.15) is 26.5 Å². The molecule has 7 heteroatoms. The number of carbonyl (C=O) groups excluding carboxylic acids is 2. The summed E-state index contributed by atoms with van der Waals surface area (Å²) in [6, 6.07) is 17.3. The fourth-order valence-electron chi connectivity index (χ4n) is 2.32.